The SMILES string of the molecule is CC1C2CN(Cc3nc4nc(C(=O)O)oc4n3C[C@@H]3CCO3)CCC12c1cccc(OCc2ccc(C#N)cc2F)n1. The molecule has 1 N–H and O–H groups in total. The Morgan fingerprint density at radius 3 is 2.86 bits per heavy atom. The van der Waals surface area contributed by atoms with E-state index >= 15 is 0 Å². The molecular weight excluding hydrogens is 543 g/mol. The summed E-state index contributed by atoms with van der Waals surface area (Å²) in [6, 6.07) is 12.0. The molecule has 1 aliphatic carbocycles. The number of pyridine rings is 1. The number of piperidine rings is 1. The summed E-state index contributed by atoms with van der Waals surface area (Å²) in [6.07, 6.45) is 1.90. The Morgan fingerprint density at radius 2 is 2.14 bits per heavy atom. The number of carboxylic acids is 1. The van der Waals surface area contributed by atoms with Crippen LogP contribution in [0.5, 0.6) is 5.88 Å². The van der Waals surface area contributed by atoms with E-state index in [1.165, 1.54) is 6.07 Å². The second-order valence-electron chi connectivity index (χ2n) is 11.4. The fourth-order valence-corrected chi connectivity index (χ4v) is 6.59. The lowest BCUT2D eigenvalue weighted by Crippen LogP contribution is -2.37. The number of carbonyl (C=O) groups is 1. The molecule has 4 atom stereocenters. The third kappa shape index (κ3) is 4.49. The molecule has 216 valence electrons. The van der Waals surface area contributed by atoms with Gasteiger partial charge in [-0.15, -0.1) is 0 Å². The number of likely N-dealkylation sites (tertiary alicyclic amines) is 1. The molecule has 0 bridgehead atoms. The van der Waals surface area contributed by atoms with Crippen LogP contribution in [0.15, 0.2) is 40.8 Å². The average molecular weight is 573 g/mol. The summed E-state index contributed by atoms with van der Waals surface area (Å²) < 4.78 is 33.3. The molecule has 0 amide bonds. The number of halogens is 1. The zero-order valence-electron chi connectivity index (χ0n) is 23.0. The van der Waals surface area contributed by atoms with Crippen molar-refractivity contribution in [3.8, 4) is 11.9 Å². The van der Waals surface area contributed by atoms with Crippen LogP contribution >= 0.6 is 0 Å². The van der Waals surface area contributed by atoms with Gasteiger partial charge in [-0.25, -0.2) is 19.2 Å². The van der Waals surface area contributed by atoms with Crippen molar-refractivity contribution in [3.05, 3.63) is 70.8 Å². The summed E-state index contributed by atoms with van der Waals surface area (Å²) in [7, 11) is 0. The molecule has 11 nitrogen and oxygen atoms in total. The van der Waals surface area contributed by atoms with Gasteiger partial charge in [0.25, 0.3) is 0 Å². The minimum Gasteiger partial charge on any atom is -0.474 e. The molecule has 7 rings (SSSR count). The van der Waals surface area contributed by atoms with Gasteiger partial charge in [0.05, 0.1) is 36.5 Å². The zero-order chi connectivity index (χ0) is 29.0. The van der Waals surface area contributed by atoms with Crippen LogP contribution in [0.25, 0.3) is 11.4 Å². The van der Waals surface area contributed by atoms with Crippen LogP contribution < -0.4 is 4.74 Å². The van der Waals surface area contributed by atoms with E-state index in [0.717, 1.165) is 44.1 Å². The number of aromatic nitrogens is 4. The summed E-state index contributed by atoms with van der Waals surface area (Å²) in [5, 5.41) is 18.3. The van der Waals surface area contributed by atoms with E-state index in [4.69, 9.17) is 24.1 Å². The molecule has 3 aromatic heterocycles. The number of nitrogens with zero attached hydrogens (tertiary/aromatic N) is 6. The van der Waals surface area contributed by atoms with Crippen molar-refractivity contribution in [2.45, 2.75) is 51.0 Å². The molecule has 3 aliphatic rings. The highest BCUT2D eigenvalue weighted by atomic mass is 19.1. The summed E-state index contributed by atoms with van der Waals surface area (Å²) in [5.74, 6) is 0.00975. The highest BCUT2D eigenvalue weighted by molar-refractivity contribution is 5.85. The van der Waals surface area contributed by atoms with E-state index in [0.29, 0.717) is 47.7 Å². The third-order valence-corrected chi connectivity index (χ3v) is 9.13. The van der Waals surface area contributed by atoms with E-state index in [1.54, 1.807) is 18.2 Å². The smallest absolute Gasteiger partial charge is 0.392 e. The number of ether oxygens (including phenoxy) is 2. The molecule has 1 aromatic carbocycles. The number of oxazole rings is 1. The van der Waals surface area contributed by atoms with Gasteiger partial charge in [-0.3, -0.25) is 9.47 Å². The number of nitriles is 1. The van der Waals surface area contributed by atoms with E-state index in [9.17, 15) is 14.3 Å². The normalized spacial score (nSPS) is 25.0. The van der Waals surface area contributed by atoms with Gasteiger partial charge >= 0.3 is 11.9 Å². The number of imidazole rings is 1. The first-order valence-electron chi connectivity index (χ1n) is 14.1. The minimum atomic E-state index is -1.22. The van der Waals surface area contributed by atoms with E-state index in [1.807, 2.05) is 22.8 Å². The monoisotopic (exact) mass is 572 g/mol. The predicted molar refractivity (Wildman–Crippen MR) is 145 cm³/mol. The number of hydrogen-bond donors (Lipinski definition) is 1. The molecule has 42 heavy (non-hydrogen) atoms. The van der Waals surface area contributed by atoms with Gasteiger partial charge in [0, 0.05) is 30.2 Å². The predicted octanol–water partition coefficient (Wildman–Crippen LogP) is 3.91. The van der Waals surface area contributed by atoms with Gasteiger partial charge in [0.2, 0.25) is 17.2 Å². The number of hydrogen-bond acceptors (Lipinski definition) is 9. The molecule has 12 heteroatoms. The van der Waals surface area contributed by atoms with E-state index in [2.05, 4.69) is 21.8 Å². The van der Waals surface area contributed by atoms with Crippen LogP contribution in [-0.2, 0) is 29.8 Å². The molecule has 1 saturated carbocycles. The maximum absolute atomic E-state index is 14.3. The standard InChI is InChI=1S/C30H29FN6O5/c1-17-21-14-36(15-24-34-26-28(42-27(35-26)29(38)39)37(24)13-20-7-10-40-20)9-8-30(17,21)23-3-2-4-25(33-23)41-16-19-6-5-18(12-32)11-22(19)31/h2-6,11,17,20-21H,7-10,13-16H2,1H3,(H,38,39)/t17?,20-,21?,30?/m0/s1. The lowest BCUT2D eigenvalue weighted by molar-refractivity contribution is -0.0595. The number of aromatic carboxylic acids is 1. The summed E-state index contributed by atoms with van der Waals surface area (Å²) in [5.41, 5.74) is 2.25. The topological polar surface area (TPSA) is 140 Å². The number of fused-ring (bicyclic) bond motifs is 2. The molecule has 3 fully saturated rings. The molecule has 4 aromatic rings. The average Bonchev–Trinajstić information content (AvgIpc) is 3.21. The van der Waals surface area contributed by atoms with Crippen molar-refractivity contribution in [1.29, 1.82) is 5.26 Å². The minimum absolute atomic E-state index is 0.0258. The van der Waals surface area contributed by atoms with Gasteiger partial charge in [0.15, 0.2) is 0 Å². The van der Waals surface area contributed by atoms with Crippen LogP contribution in [0.2, 0.25) is 0 Å². The van der Waals surface area contributed by atoms with Crippen LogP contribution in [0.1, 0.15) is 53.1 Å². The largest absolute Gasteiger partial charge is 0.474 e. The van der Waals surface area contributed by atoms with Crippen LogP contribution in [0, 0.1) is 29.0 Å². The maximum Gasteiger partial charge on any atom is 0.392 e. The Balaban J connectivity index is 1.05. The Morgan fingerprint density at radius 1 is 1.29 bits per heavy atom. The molecule has 5 heterocycles. The van der Waals surface area contributed by atoms with Gasteiger partial charge in [0.1, 0.15) is 18.2 Å². The van der Waals surface area contributed by atoms with Crippen LogP contribution in [-0.4, -0.2) is 61.3 Å². The summed E-state index contributed by atoms with van der Waals surface area (Å²) >= 11 is 0. The third-order valence-electron chi connectivity index (χ3n) is 9.13. The second-order valence-corrected chi connectivity index (χ2v) is 11.4. The maximum atomic E-state index is 14.3. The summed E-state index contributed by atoms with van der Waals surface area (Å²) in [6.45, 7) is 5.84. The number of rotatable bonds is 9. The van der Waals surface area contributed by atoms with Crippen molar-refractivity contribution in [1.82, 2.24) is 24.4 Å². The second kappa shape index (κ2) is 10.2. The molecule has 2 aliphatic heterocycles. The lowest BCUT2D eigenvalue weighted by atomic mass is 9.90. The zero-order valence-corrected chi connectivity index (χ0v) is 23.0. The molecule has 3 unspecified atom stereocenters. The first-order chi connectivity index (χ1) is 20.4. The Bertz CT molecular complexity index is 1720. The van der Waals surface area contributed by atoms with E-state index in [-0.39, 0.29) is 29.6 Å². The van der Waals surface area contributed by atoms with Gasteiger partial charge < -0.3 is 19.0 Å². The first-order valence-corrected chi connectivity index (χ1v) is 14.1. The lowest BCUT2D eigenvalue weighted by Gasteiger charge is -2.32. The van der Waals surface area contributed by atoms with Crippen molar-refractivity contribution in [3.63, 3.8) is 0 Å². The Labute approximate surface area is 240 Å². The quantitative estimate of drug-likeness (QED) is 0.314. The van der Waals surface area contributed by atoms with Gasteiger partial charge in [-0.1, -0.05) is 19.1 Å². The van der Waals surface area contributed by atoms with Crippen molar-refractivity contribution < 1.29 is 28.2 Å². The van der Waals surface area contributed by atoms with Crippen LogP contribution in [0.3, 0.4) is 0 Å². The fourth-order valence-electron chi connectivity index (χ4n) is 6.59. The number of carboxylic acid groups (broad SMARTS) is 1. The van der Waals surface area contributed by atoms with Crippen molar-refractivity contribution in [2.24, 2.45) is 11.8 Å². The number of benzene rings is 1. The Hall–Kier alpha value is -4.34. The first kappa shape index (κ1) is 26.6. The van der Waals surface area contributed by atoms with Crippen molar-refractivity contribution >= 4 is 17.3 Å². The highest BCUT2D eigenvalue weighted by Gasteiger charge is 2.65. The molecule has 0 spiro atoms. The Kier molecular flexibility index (Phi) is 6.44. The summed E-state index contributed by atoms with van der Waals surface area (Å²) in [4.78, 5) is 27.3. The van der Waals surface area contributed by atoms with Crippen LogP contribution in [0.4, 0.5) is 4.39 Å². The molecular formula is C30H29FN6O5. The molecule has 2 saturated heterocycles. The van der Waals surface area contributed by atoms with Gasteiger partial charge in [-0.2, -0.15) is 10.2 Å². The highest BCUT2D eigenvalue weighted by Crippen LogP contribution is 2.63. The fraction of sp³-hybridized carbons (Fsp3) is 0.433. The van der Waals surface area contributed by atoms with E-state index < -0.39 is 11.8 Å². The molecule has 0 radical (unpaired) electrons. The van der Waals surface area contributed by atoms with Gasteiger partial charge in [-0.05, 0) is 49.4 Å². The van der Waals surface area contributed by atoms with Crippen molar-refractivity contribution in [2.75, 3.05) is 19.7 Å².